The lowest BCUT2D eigenvalue weighted by Crippen LogP contribution is -2.63. The highest BCUT2D eigenvalue weighted by Gasteiger charge is 2.41. The maximum Gasteiger partial charge on any atom is 0.245 e. The number of rotatable bonds is 12. The first kappa shape index (κ1) is 32.0. The summed E-state index contributed by atoms with van der Waals surface area (Å²) in [5.74, 6) is -0.139. The van der Waals surface area contributed by atoms with Crippen LogP contribution in [0.4, 0.5) is 0 Å². The zero-order valence-corrected chi connectivity index (χ0v) is 26.0. The van der Waals surface area contributed by atoms with Crippen LogP contribution in [0.25, 0.3) is 0 Å². The number of halogens is 1. The summed E-state index contributed by atoms with van der Waals surface area (Å²) in [6.45, 7) is 7.38. The molecule has 2 aromatic carbocycles. The van der Waals surface area contributed by atoms with Crippen molar-refractivity contribution in [2.24, 2.45) is 5.92 Å². The first-order chi connectivity index (χ1) is 20.3. The normalized spacial score (nSPS) is 18.0. The van der Waals surface area contributed by atoms with E-state index in [-0.39, 0.29) is 29.2 Å². The minimum atomic E-state index is -0.619. The van der Waals surface area contributed by atoms with Crippen LogP contribution in [0.2, 0.25) is 5.02 Å². The number of amides is 3. The van der Waals surface area contributed by atoms with Crippen molar-refractivity contribution in [1.82, 2.24) is 20.4 Å². The predicted molar refractivity (Wildman–Crippen MR) is 168 cm³/mol. The Labute approximate surface area is 256 Å². The number of hydrogen-bond acceptors (Lipinski definition) is 4. The molecule has 1 saturated heterocycles. The molecule has 0 bridgehead atoms. The van der Waals surface area contributed by atoms with Gasteiger partial charge in [-0.3, -0.25) is 19.3 Å². The Kier molecular flexibility index (Phi) is 11.8. The average Bonchev–Trinajstić information content (AvgIpc) is 3.02. The van der Waals surface area contributed by atoms with Gasteiger partial charge in [-0.15, -0.1) is 0 Å². The van der Waals surface area contributed by atoms with Gasteiger partial charge in [-0.2, -0.15) is 0 Å². The van der Waals surface area contributed by atoms with E-state index in [1.165, 1.54) is 6.42 Å². The molecule has 2 aromatic rings. The third-order valence-electron chi connectivity index (χ3n) is 9.19. The van der Waals surface area contributed by atoms with Crippen LogP contribution in [-0.4, -0.2) is 71.8 Å². The Hall–Kier alpha value is -2.90. The number of carbonyl (C=O) groups excluding carboxylic acids is 3. The van der Waals surface area contributed by atoms with E-state index in [9.17, 15) is 14.4 Å². The third kappa shape index (κ3) is 8.57. The van der Waals surface area contributed by atoms with Crippen LogP contribution in [0.5, 0.6) is 0 Å². The zero-order chi connectivity index (χ0) is 30.0. The molecule has 8 heteroatoms. The number of benzene rings is 2. The van der Waals surface area contributed by atoms with Crippen molar-refractivity contribution in [3.05, 3.63) is 70.7 Å². The monoisotopic (exact) mass is 594 g/mol. The van der Waals surface area contributed by atoms with Crippen LogP contribution in [0.3, 0.4) is 0 Å². The highest BCUT2D eigenvalue weighted by atomic mass is 35.5. The molecule has 0 radical (unpaired) electrons. The van der Waals surface area contributed by atoms with E-state index in [1.54, 1.807) is 0 Å². The maximum atomic E-state index is 13.9. The molecule has 0 aromatic heterocycles. The second-order valence-corrected chi connectivity index (χ2v) is 12.4. The molecule has 42 heavy (non-hydrogen) atoms. The molecule has 1 heterocycles. The Morgan fingerprint density at radius 3 is 2.12 bits per heavy atom. The molecular formula is C34H47ClN4O3. The molecule has 1 aliphatic heterocycles. The fourth-order valence-electron chi connectivity index (χ4n) is 6.55. The van der Waals surface area contributed by atoms with Crippen molar-refractivity contribution < 1.29 is 14.4 Å². The fraction of sp³-hybridized carbons (Fsp3) is 0.559. The zero-order valence-electron chi connectivity index (χ0n) is 25.2. The van der Waals surface area contributed by atoms with Crippen LogP contribution < -0.4 is 10.6 Å². The van der Waals surface area contributed by atoms with E-state index in [0.29, 0.717) is 37.5 Å². The Morgan fingerprint density at radius 1 is 0.857 bits per heavy atom. The van der Waals surface area contributed by atoms with Gasteiger partial charge < -0.3 is 15.5 Å². The van der Waals surface area contributed by atoms with E-state index in [2.05, 4.69) is 15.5 Å². The van der Waals surface area contributed by atoms with Crippen molar-refractivity contribution in [2.75, 3.05) is 32.7 Å². The van der Waals surface area contributed by atoms with Gasteiger partial charge in [-0.25, -0.2) is 0 Å². The predicted octanol–water partition coefficient (Wildman–Crippen LogP) is 5.01. The second-order valence-electron chi connectivity index (χ2n) is 11.9. The van der Waals surface area contributed by atoms with Crippen molar-refractivity contribution in [3.63, 3.8) is 0 Å². The van der Waals surface area contributed by atoms with Gasteiger partial charge >= 0.3 is 0 Å². The highest BCUT2D eigenvalue weighted by Crippen LogP contribution is 2.34. The van der Waals surface area contributed by atoms with Crippen molar-refractivity contribution in [3.8, 4) is 0 Å². The molecular weight excluding hydrogens is 548 g/mol. The van der Waals surface area contributed by atoms with Crippen LogP contribution in [0.1, 0.15) is 69.9 Å². The summed E-state index contributed by atoms with van der Waals surface area (Å²) >= 11 is 6.09. The topological polar surface area (TPSA) is 81.8 Å². The summed E-state index contributed by atoms with van der Waals surface area (Å²) < 4.78 is 0. The van der Waals surface area contributed by atoms with Crippen molar-refractivity contribution in [1.29, 1.82) is 0 Å². The molecule has 3 amide bonds. The van der Waals surface area contributed by atoms with Crippen LogP contribution in [-0.2, 0) is 27.2 Å². The van der Waals surface area contributed by atoms with Gasteiger partial charge in [-0.05, 0) is 48.9 Å². The molecule has 0 spiro atoms. The van der Waals surface area contributed by atoms with Gasteiger partial charge in [0.05, 0.1) is 6.42 Å². The van der Waals surface area contributed by atoms with E-state index < -0.39 is 6.04 Å². The summed E-state index contributed by atoms with van der Waals surface area (Å²) in [6.07, 6.45) is 7.93. The van der Waals surface area contributed by atoms with Crippen molar-refractivity contribution in [2.45, 2.75) is 83.2 Å². The smallest absolute Gasteiger partial charge is 0.245 e. The van der Waals surface area contributed by atoms with E-state index >= 15 is 0 Å². The summed E-state index contributed by atoms with van der Waals surface area (Å²) in [5.41, 5.74) is 1.91. The number of carbonyl (C=O) groups is 3. The van der Waals surface area contributed by atoms with Gasteiger partial charge in [0, 0.05) is 55.6 Å². The van der Waals surface area contributed by atoms with Gasteiger partial charge in [0.15, 0.2) is 0 Å². The van der Waals surface area contributed by atoms with E-state index in [1.807, 2.05) is 73.3 Å². The molecule has 7 nitrogen and oxygen atoms in total. The lowest BCUT2D eigenvalue weighted by Gasteiger charge is -2.50. The van der Waals surface area contributed by atoms with Gasteiger partial charge in [0.2, 0.25) is 17.7 Å². The number of nitrogens with one attached hydrogen (secondary N) is 2. The number of piperazine rings is 1. The molecule has 4 rings (SSSR count). The second kappa shape index (κ2) is 15.5. The first-order valence-electron chi connectivity index (χ1n) is 15.7. The summed E-state index contributed by atoms with van der Waals surface area (Å²) in [6, 6.07) is 16.7. The quantitative estimate of drug-likeness (QED) is 0.362. The summed E-state index contributed by atoms with van der Waals surface area (Å²) in [4.78, 5) is 44.2. The van der Waals surface area contributed by atoms with Crippen LogP contribution in [0, 0.1) is 5.92 Å². The maximum absolute atomic E-state index is 13.9. The minimum absolute atomic E-state index is 0.0298. The third-order valence-corrected chi connectivity index (χ3v) is 9.44. The Bertz CT molecular complexity index is 1160. The van der Waals surface area contributed by atoms with Gasteiger partial charge in [0.1, 0.15) is 6.04 Å². The Balaban J connectivity index is 1.40. The molecule has 2 fully saturated rings. The van der Waals surface area contributed by atoms with E-state index in [0.717, 1.165) is 62.7 Å². The first-order valence-corrected chi connectivity index (χ1v) is 16.1. The Morgan fingerprint density at radius 2 is 1.50 bits per heavy atom. The highest BCUT2D eigenvalue weighted by molar-refractivity contribution is 6.30. The molecule has 2 aliphatic rings. The van der Waals surface area contributed by atoms with Gasteiger partial charge in [0.25, 0.3) is 0 Å². The molecule has 228 valence electrons. The van der Waals surface area contributed by atoms with Crippen LogP contribution >= 0.6 is 11.6 Å². The molecule has 0 unspecified atom stereocenters. The minimum Gasteiger partial charge on any atom is -0.354 e. The number of nitrogens with zero attached hydrogens (tertiary/aromatic N) is 2. The molecule has 1 saturated carbocycles. The van der Waals surface area contributed by atoms with Crippen molar-refractivity contribution >= 4 is 29.3 Å². The largest absolute Gasteiger partial charge is 0.354 e. The number of hydrogen-bond donors (Lipinski definition) is 2. The fourth-order valence-corrected chi connectivity index (χ4v) is 6.67. The standard InChI is InChI=1S/C34H47ClN4O3/c1-3-28(4-2)32(41)37-30(23-27-13-15-29(35)16-14-27)33(42)38-19-21-39(22-20-38)34(17-9-6-10-18-34)25-36-31(40)24-26-11-7-5-8-12-26/h5,7-8,11-16,28,30H,3-4,6,9-10,17-25H2,1-2H3,(H,36,40)(H,37,41)/t30-/m1/s1. The molecule has 1 aliphatic carbocycles. The lowest BCUT2D eigenvalue weighted by atomic mass is 9.79. The average molecular weight is 595 g/mol. The van der Waals surface area contributed by atoms with Crippen LogP contribution in [0.15, 0.2) is 54.6 Å². The SMILES string of the molecule is CCC(CC)C(=O)N[C@H](Cc1ccc(Cl)cc1)C(=O)N1CCN(C2(CNC(=O)Cc3ccccc3)CCCCC2)CC1. The summed E-state index contributed by atoms with van der Waals surface area (Å²) in [5, 5.41) is 6.98. The lowest BCUT2D eigenvalue weighted by molar-refractivity contribution is -0.140. The summed E-state index contributed by atoms with van der Waals surface area (Å²) in [7, 11) is 0. The molecule has 2 N–H and O–H groups in total. The molecule has 1 atom stereocenters. The van der Waals surface area contributed by atoms with E-state index in [4.69, 9.17) is 11.6 Å². The van der Waals surface area contributed by atoms with Gasteiger partial charge in [-0.1, -0.05) is 87.2 Å².